The van der Waals surface area contributed by atoms with Crippen molar-refractivity contribution in [3.63, 3.8) is 0 Å². The van der Waals surface area contributed by atoms with Gasteiger partial charge in [-0.15, -0.1) is 0 Å². The normalized spacial score (nSPS) is 13.0. The lowest BCUT2D eigenvalue weighted by Gasteiger charge is -2.16. The summed E-state index contributed by atoms with van der Waals surface area (Å²) in [4.78, 5) is 44.7. The molecular formula is C34H28F8N8O2. The highest BCUT2D eigenvalue weighted by atomic mass is 19.4. The van der Waals surface area contributed by atoms with E-state index in [1.165, 1.54) is 24.8 Å². The number of aryl methyl sites for hydroxylation is 2. The van der Waals surface area contributed by atoms with E-state index in [1.54, 1.807) is 49.2 Å². The molecule has 0 amide bonds. The summed E-state index contributed by atoms with van der Waals surface area (Å²) in [7, 11) is 0. The molecule has 18 heteroatoms. The third-order valence-electron chi connectivity index (χ3n) is 7.90. The Morgan fingerprint density at radius 3 is 1.27 bits per heavy atom. The van der Waals surface area contributed by atoms with Crippen molar-refractivity contribution in [3.05, 3.63) is 140 Å². The summed E-state index contributed by atoms with van der Waals surface area (Å²) < 4.78 is 107. The first-order valence-corrected chi connectivity index (χ1v) is 15.3. The van der Waals surface area contributed by atoms with Crippen molar-refractivity contribution in [2.45, 2.75) is 52.1 Å². The molecule has 272 valence electrons. The number of imidazole rings is 2. The molecule has 0 radical (unpaired) electrons. The number of benzene rings is 2. The quantitative estimate of drug-likeness (QED) is 0.172. The van der Waals surface area contributed by atoms with Crippen LogP contribution in [-0.4, -0.2) is 39.0 Å². The number of rotatable bonds is 6. The Balaban J connectivity index is 0.000000201. The summed E-state index contributed by atoms with van der Waals surface area (Å²) in [6.07, 6.45) is -3.26. The highest BCUT2D eigenvalue weighted by molar-refractivity contribution is 5.53. The van der Waals surface area contributed by atoms with Gasteiger partial charge in [0.25, 0.3) is 11.1 Å². The van der Waals surface area contributed by atoms with Crippen molar-refractivity contribution < 1.29 is 35.1 Å². The maximum Gasteiger partial charge on any atom is 0.416 e. The third kappa shape index (κ3) is 8.50. The zero-order valence-corrected chi connectivity index (χ0v) is 27.6. The molecule has 0 aliphatic carbocycles. The smallest absolute Gasteiger partial charge is 0.329 e. The third-order valence-corrected chi connectivity index (χ3v) is 7.90. The Morgan fingerprint density at radius 1 is 0.596 bits per heavy atom. The maximum absolute atomic E-state index is 14.2. The predicted octanol–water partition coefficient (Wildman–Crippen LogP) is 7.42. The van der Waals surface area contributed by atoms with Gasteiger partial charge in [0, 0.05) is 35.7 Å². The van der Waals surface area contributed by atoms with Crippen LogP contribution in [0, 0.1) is 25.5 Å². The van der Waals surface area contributed by atoms with E-state index >= 15 is 0 Å². The first-order valence-electron chi connectivity index (χ1n) is 15.3. The molecule has 2 atom stereocenters. The minimum Gasteiger partial charge on any atom is -0.329 e. The number of halogens is 8. The lowest BCUT2D eigenvalue weighted by molar-refractivity contribution is -0.138. The lowest BCUT2D eigenvalue weighted by atomic mass is 10.0. The van der Waals surface area contributed by atoms with Gasteiger partial charge in [-0.2, -0.15) is 26.3 Å². The summed E-state index contributed by atoms with van der Waals surface area (Å²) >= 11 is 0. The molecule has 2 aromatic carbocycles. The number of hydrogen-bond donors (Lipinski definition) is 2. The first kappa shape index (κ1) is 37.3. The van der Waals surface area contributed by atoms with E-state index in [-0.39, 0.29) is 22.2 Å². The van der Waals surface area contributed by atoms with E-state index in [1.807, 2.05) is 0 Å². The van der Waals surface area contributed by atoms with Gasteiger partial charge in [-0.25, -0.2) is 28.7 Å². The number of alkyl halides is 6. The van der Waals surface area contributed by atoms with E-state index in [0.717, 1.165) is 24.3 Å². The Hall–Kier alpha value is -5.94. The molecule has 6 rings (SSSR count). The van der Waals surface area contributed by atoms with Crippen molar-refractivity contribution in [2.24, 2.45) is 0 Å². The summed E-state index contributed by atoms with van der Waals surface area (Å²) in [5.74, 6) is -1.06. The van der Waals surface area contributed by atoms with Gasteiger partial charge in [0.15, 0.2) is 0 Å². The Kier molecular flexibility index (Phi) is 10.3. The molecule has 10 nitrogen and oxygen atoms in total. The molecule has 2 N–H and O–H groups in total. The van der Waals surface area contributed by atoms with E-state index < -0.39 is 47.2 Å². The van der Waals surface area contributed by atoms with Crippen LogP contribution in [0.2, 0.25) is 0 Å². The van der Waals surface area contributed by atoms with Crippen LogP contribution in [0.4, 0.5) is 35.1 Å². The molecular weight excluding hydrogens is 704 g/mol. The van der Waals surface area contributed by atoms with Crippen molar-refractivity contribution in [1.82, 2.24) is 39.0 Å². The van der Waals surface area contributed by atoms with Gasteiger partial charge in [0.05, 0.1) is 47.3 Å². The molecule has 4 heterocycles. The molecule has 0 fully saturated rings. The maximum atomic E-state index is 14.2. The average molecular weight is 733 g/mol. The number of aromatic nitrogens is 8. The fourth-order valence-electron chi connectivity index (χ4n) is 5.19. The number of aromatic amines is 2. The number of hydrogen-bond acceptors (Lipinski definition) is 6. The molecule has 0 saturated carbocycles. The second kappa shape index (κ2) is 14.4. The number of nitrogens with zero attached hydrogens (tertiary/aromatic N) is 6. The molecule has 4 aromatic heterocycles. The fourth-order valence-corrected chi connectivity index (χ4v) is 5.19. The first-order chi connectivity index (χ1) is 24.3. The van der Waals surface area contributed by atoms with Crippen LogP contribution in [-0.2, 0) is 12.4 Å². The van der Waals surface area contributed by atoms with Gasteiger partial charge in [-0.1, -0.05) is 12.1 Å². The van der Waals surface area contributed by atoms with E-state index in [4.69, 9.17) is 0 Å². The largest absolute Gasteiger partial charge is 0.416 e. The van der Waals surface area contributed by atoms with Crippen molar-refractivity contribution >= 4 is 0 Å². The number of H-pyrrole nitrogens is 2. The van der Waals surface area contributed by atoms with Crippen LogP contribution in [0.3, 0.4) is 0 Å². The van der Waals surface area contributed by atoms with Gasteiger partial charge in [-0.05, 0) is 52.0 Å². The van der Waals surface area contributed by atoms with Crippen LogP contribution >= 0.6 is 0 Å². The van der Waals surface area contributed by atoms with Crippen molar-refractivity contribution in [3.8, 4) is 22.8 Å². The Labute approximate surface area is 288 Å². The molecule has 0 bridgehead atoms. The average Bonchev–Trinajstić information content (AvgIpc) is 3.74. The minimum atomic E-state index is -4.60. The van der Waals surface area contributed by atoms with Gasteiger partial charge in [0.2, 0.25) is 0 Å². The minimum absolute atomic E-state index is 0.0944. The summed E-state index contributed by atoms with van der Waals surface area (Å²) in [5.41, 5.74) is -1.05. The molecule has 0 aliphatic heterocycles. The number of nitrogens with one attached hydrogen (secondary N) is 2. The van der Waals surface area contributed by atoms with E-state index in [0.29, 0.717) is 46.6 Å². The zero-order chi connectivity index (χ0) is 38.1. The molecule has 0 spiro atoms. The van der Waals surface area contributed by atoms with Gasteiger partial charge in [-0.3, -0.25) is 9.59 Å². The fraction of sp³-hybridized carbons (Fsp3) is 0.235. The van der Waals surface area contributed by atoms with Crippen molar-refractivity contribution in [2.75, 3.05) is 0 Å². The summed E-state index contributed by atoms with van der Waals surface area (Å²) in [6.45, 7) is 6.52. The Morgan fingerprint density at radius 2 is 0.962 bits per heavy atom. The van der Waals surface area contributed by atoms with E-state index in [2.05, 4.69) is 29.9 Å². The standard InChI is InChI=1S/2C17H14F4N4O/c2*1-9(12-4-3-11(5-13(12)18)17(19,20)21)25-7-15(22-8-25)14-6-16(26)24-10(2)23-14/h2*3-9H,1-2H3,(H,23,24,26)/t2*9-/m10/s1. The van der Waals surface area contributed by atoms with E-state index in [9.17, 15) is 44.7 Å². The molecule has 0 unspecified atom stereocenters. The summed E-state index contributed by atoms with van der Waals surface area (Å²) in [6, 6.07) is 6.23. The Bertz CT molecular complexity index is 2180. The van der Waals surface area contributed by atoms with Crippen LogP contribution in [0.5, 0.6) is 0 Å². The monoisotopic (exact) mass is 732 g/mol. The zero-order valence-electron chi connectivity index (χ0n) is 27.6. The SMILES string of the molecule is Cc1nc(-c2cn([C@@H](C)c3ccc(C(F)(F)F)cc3F)cn2)cc(=O)[nH]1.Cc1nc(-c2cn([C@H](C)c3ccc(C(F)(F)F)cc3F)cn2)cc(=O)[nH]1. The highest BCUT2D eigenvalue weighted by Crippen LogP contribution is 2.34. The van der Waals surface area contributed by atoms with Crippen LogP contribution in [0.1, 0.15) is 59.8 Å². The van der Waals surface area contributed by atoms with Crippen molar-refractivity contribution in [1.29, 1.82) is 0 Å². The van der Waals surface area contributed by atoms with Crippen LogP contribution in [0.25, 0.3) is 22.8 Å². The second-order valence-electron chi connectivity index (χ2n) is 11.7. The summed E-state index contributed by atoms with van der Waals surface area (Å²) in [5, 5.41) is 0. The molecule has 0 saturated heterocycles. The molecule has 6 aromatic rings. The van der Waals surface area contributed by atoms with Gasteiger partial charge in [0.1, 0.15) is 34.7 Å². The predicted molar refractivity (Wildman–Crippen MR) is 172 cm³/mol. The lowest BCUT2D eigenvalue weighted by Crippen LogP contribution is -2.10. The highest BCUT2D eigenvalue weighted by Gasteiger charge is 2.32. The van der Waals surface area contributed by atoms with Gasteiger partial charge >= 0.3 is 12.4 Å². The van der Waals surface area contributed by atoms with Crippen LogP contribution < -0.4 is 11.1 Å². The van der Waals surface area contributed by atoms with Crippen LogP contribution in [0.15, 0.2) is 83.2 Å². The topological polar surface area (TPSA) is 127 Å². The van der Waals surface area contributed by atoms with Gasteiger partial charge < -0.3 is 19.1 Å². The second-order valence-corrected chi connectivity index (χ2v) is 11.7. The molecule has 52 heavy (non-hydrogen) atoms. The molecule has 0 aliphatic rings.